The van der Waals surface area contributed by atoms with Crippen LogP contribution in [-0.2, 0) is 14.3 Å². The molecule has 14 heavy (non-hydrogen) atoms. The van der Waals surface area contributed by atoms with E-state index in [1.807, 2.05) is 20.8 Å². The highest BCUT2D eigenvalue weighted by Gasteiger charge is 2.26. The molecule has 0 saturated heterocycles. The molecule has 84 valence electrons. The maximum absolute atomic E-state index is 11.4. The van der Waals surface area contributed by atoms with Crippen molar-refractivity contribution in [3.63, 3.8) is 0 Å². The summed E-state index contributed by atoms with van der Waals surface area (Å²) < 4.78 is 10.4. The van der Waals surface area contributed by atoms with Gasteiger partial charge in [0.2, 0.25) is 0 Å². The van der Waals surface area contributed by atoms with Gasteiger partial charge in [0.25, 0.3) is 0 Å². The number of hydrogen-bond donors (Lipinski definition) is 1. The Kier molecular flexibility index (Phi) is 5.72. The summed E-state index contributed by atoms with van der Waals surface area (Å²) in [5, 5.41) is 0. The first-order chi connectivity index (χ1) is 6.46. The monoisotopic (exact) mass is 203 g/mol. The van der Waals surface area contributed by atoms with Crippen LogP contribution in [0.25, 0.3) is 0 Å². The van der Waals surface area contributed by atoms with Crippen molar-refractivity contribution < 1.29 is 14.3 Å². The number of ether oxygens (including phenoxy) is 2. The van der Waals surface area contributed by atoms with Crippen LogP contribution in [0.3, 0.4) is 0 Å². The quantitative estimate of drug-likeness (QED) is 0.656. The van der Waals surface area contributed by atoms with Gasteiger partial charge in [-0.15, -0.1) is 0 Å². The molecule has 0 spiro atoms. The molecule has 0 aromatic heterocycles. The van der Waals surface area contributed by atoms with Crippen LogP contribution in [0.1, 0.15) is 34.1 Å². The highest BCUT2D eigenvalue weighted by Crippen LogP contribution is 2.13. The van der Waals surface area contributed by atoms with E-state index in [0.717, 1.165) is 0 Å². The van der Waals surface area contributed by atoms with E-state index in [1.165, 1.54) is 0 Å². The molecule has 4 nitrogen and oxygen atoms in total. The lowest BCUT2D eigenvalue weighted by Crippen LogP contribution is -2.41. The maximum atomic E-state index is 11.4. The molecule has 0 aliphatic heterocycles. The Morgan fingerprint density at radius 1 is 1.43 bits per heavy atom. The SMILES string of the molecule is CCOC(=O)C(CC)OC(C)(C)CN. The van der Waals surface area contributed by atoms with Gasteiger partial charge in [-0.1, -0.05) is 6.92 Å². The van der Waals surface area contributed by atoms with Crippen molar-refractivity contribution in [2.75, 3.05) is 13.2 Å². The molecular formula is C10H21NO3. The van der Waals surface area contributed by atoms with Gasteiger partial charge in [0.15, 0.2) is 6.10 Å². The summed E-state index contributed by atoms with van der Waals surface area (Å²) >= 11 is 0. The Labute approximate surface area is 85.8 Å². The minimum atomic E-state index is -0.506. The third-order valence-electron chi connectivity index (χ3n) is 1.87. The number of esters is 1. The Morgan fingerprint density at radius 2 is 2.00 bits per heavy atom. The number of rotatable bonds is 6. The van der Waals surface area contributed by atoms with Crippen molar-refractivity contribution in [3.8, 4) is 0 Å². The fourth-order valence-corrected chi connectivity index (χ4v) is 0.967. The molecule has 0 saturated carbocycles. The second-order valence-corrected chi connectivity index (χ2v) is 3.73. The molecule has 0 heterocycles. The summed E-state index contributed by atoms with van der Waals surface area (Å²) in [4.78, 5) is 11.4. The van der Waals surface area contributed by atoms with Gasteiger partial charge in [-0.2, -0.15) is 0 Å². The first kappa shape index (κ1) is 13.4. The third-order valence-corrected chi connectivity index (χ3v) is 1.87. The van der Waals surface area contributed by atoms with E-state index in [1.54, 1.807) is 6.92 Å². The summed E-state index contributed by atoms with van der Waals surface area (Å²) in [6, 6.07) is 0. The topological polar surface area (TPSA) is 61.5 Å². The van der Waals surface area contributed by atoms with Crippen LogP contribution in [0, 0.1) is 0 Å². The standard InChI is InChI=1S/C10H21NO3/c1-5-8(9(12)13-6-2)14-10(3,4)7-11/h8H,5-7,11H2,1-4H3. The second kappa shape index (κ2) is 5.98. The highest BCUT2D eigenvalue weighted by molar-refractivity contribution is 5.74. The molecule has 0 amide bonds. The maximum Gasteiger partial charge on any atom is 0.335 e. The van der Waals surface area contributed by atoms with E-state index in [9.17, 15) is 4.79 Å². The molecule has 0 aromatic rings. The molecule has 2 N–H and O–H groups in total. The summed E-state index contributed by atoms with van der Waals surface area (Å²) in [6.45, 7) is 8.13. The van der Waals surface area contributed by atoms with Crippen molar-refractivity contribution in [2.45, 2.75) is 45.8 Å². The highest BCUT2D eigenvalue weighted by atomic mass is 16.6. The molecule has 4 heteroatoms. The third kappa shape index (κ3) is 4.58. The van der Waals surface area contributed by atoms with Crippen LogP contribution < -0.4 is 5.73 Å². The lowest BCUT2D eigenvalue weighted by atomic mass is 10.1. The van der Waals surface area contributed by atoms with Crippen molar-refractivity contribution in [1.29, 1.82) is 0 Å². The average molecular weight is 203 g/mol. The average Bonchev–Trinajstić information content (AvgIpc) is 2.14. The minimum absolute atomic E-state index is 0.309. The van der Waals surface area contributed by atoms with Gasteiger partial charge in [-0.3, -0.25) is 0 Å². The Morgan fingerprint density at radius 3 is 2.36 bits per heavy atom. The van der Waals surface area contributed by atoms with E-state index in [-0.39, 0.29) is 5.97 Å². The van der Waals surface area contributed by atoms with E-state index in [2.05, 4.69) is 0 Å². The number of hydrogen-bond acceptors (Lipinski definition) is 4. The summed E-state index contributed by atoms with van der Waals surface area (Å²) in [7, 11) is 0. The zero-order chi connectivity index (χ0) is 11.2. The molecule has 0 fully saturated rings. The number of nitrogens with two attached hydrogens (primary N) is 1. The zero-order valence-electron chi connectivity index (χ0n) is 9.50. The van der Waals surface area contributed by atoms with Crippen molar-refractivity contribution in [3.05, 3.63) is 0 Å². The van der Waals surface area contributed by atoms with E-state index >= 15 is 0 Å². The molecule has 1 atom stereocenters. The first-order valence-corrected chi connectivity index (χ1v) is 5.01. The lowest BCUT2D eigenvalue weighted by Gasteiger charge is -2.27. The largest absolute Gasteiger partial charge is 0.464 e. The molecule has 0 aliphatic rings. The molecule has 0 aromatic carbocycles. The molecule has 1 unspecified atom stereocenters. The Balaban J connectivity index is 4.21. The molecule has 0 radical (unpaired) electrons. The van der Waals surface area contributed by atoms with Crippen LogP contribution in [0.5, 0.6) is 0 Å². The van der Waals surface area contributed by atoms with Crippen LogP contribution >= 0.6 is 0 Å². The van der Waals surface area contributed by atoms with Crippen LogP contribution in [0.4, 0.5) is 0 Å². The number of carbonyl (C=O) groups excluding carboxylic acids is 1. The zero-order valence-corrected chi connectivity index (χ0v) is 9.50. The van der Waals surface area contributed by atoms with Gasteiger partial charge in [-0.05, 0) is 27.2 Å². The predicted molar refractivity (Wildman–Crippen MR) is 54.9 cm³/mol. The van der Waals surface area contributed by atoms with Crippen molar-refractivity contribution >= 4 is 5.97 Å². The fraction of sp³-hybridized carbons (Fsp3) is 0.900. The van der Waals surface area contributed by atoms with Crippen molar-refractivity contribution in [1.82, 2.24) is 0 Å². The summed E-state index contributed by atoms with van der Waals surface area (Å²) in [5.41, 5.74) is 5.03. The van der Waals surface area contributed by atoms with Crippen molar-refractivity contribution in [2.24, 2.45) is 5.73 Å². The van der Waals surface area contributed by atoms with Gasteiger partial charge in [0, 0.05) is 6.54 Å². The van der Waals surface area contributed by atoms with Crippen LogP contribution in [-0.4, -0.2) is 30.8 Å². The molecule has 0 bridgehead atoms. The van der Waals surface area contributed by atoms with Gasteiger partial charge in [0.05, 0.1) is 12.2 Å². The van der Waals surface area contributed by atoms with Crippen LogP contribution in [0.15, 0.2) is 0 Å². The smallest absolute Gasteiger partial charge is 0.335 e. The lowest BCUT2D eigenvalue weighted by molar-refractivity contribution is -0.166. The Hall–Kier alpha value is -0.610. The van der Waals surface area contributed by atoms with Gasteiger partial charge in [0.1, 0.15) is 0 Å². The minimum Gasteiger partial charge on any atom is -0.464 e. The normalized spacial score (nSPS) is 13.8. The molecular weight excluding hydrogens is 182 g/mol. The predicted octanol–water partition coefficient (Wildman–Crippen LogP) is 1.08. The van der Waals surface area contributed by atoms with Crippen LogP contribution in [0.2, 0.25) is 0 Å². The van der Waals surface area contributed by atoms with E-state index in [0.29, 0.717) is 19.6 Å². The fourth-order valence-electron chi connectivity index (χ4n) is 0.967. The van der Waals surface area contributed by atoms with Gasteiger partial charge < -0.3 is 15.2 Å². The Bertz CT molecular complexity index is 180. The molecule has 0 aliphatic carbocycles. The summed E-state index contributed by atoms with van der Waals surface area (Å²) in [6.07, 6.45) is 0.0934. The number of carbonyl (C=O) groups is 1. The van der Waals surface area contributed by atoms with E-state index < -0.39 is 11.7 Å². The first-order valence-electron chi connectivity index (χ1n) is 5.01. The summed E-state index contributed by atoms with van der Waals surface area (Å²) in [5.74, 6) is -0.309. The van der Waals surface area contributed by atoms with E-state index in [4.69, 9.17) is 15.2 Å². The van der Waals surface area contributed by atoms with Gasteiger partial charge >= 0.3 is 5.97 Å². The second-order valence-electron chi connectivity index (χ2n) is 3.73. The van der Waals surface area contributed by atoms with Gasteiger partial charge in [-0.25, -0.2) is 4.79 Å². The molecule has 0 rings (SSSR count).